The summed E-state index contributed by atoms with van der Waals surface area (Å²) in [5.41, 5.74) is 2.14. The average Bonchev–Trinajstić information content (AvgIpc) is 2.90. The number of anilines is 1. The first kappa shape index (κ1) is 11.5. The van der Waals surface area contributed by atoms with Crippen molar-refractivity contribution >= 4 is 11.7 Å². The Kier molecular flexibility index (Phi) is 2.74. The summed E-state index contributed by atoms with van der Waals surface area (Å²) in [6, 6.07) is 5.77. The monoisotopic (exact) mass is 247 g/mol. The van der Waals surface area contributed by atoms with Crippen LogP contribution in [0.1, 0.15) is 35.2 Å². The molecule has 1 aromatic rings. The standard InChI is InChI=1S/C14H17NO3/c1-8-6-9(2-4-11(8)14(16)17)15-12-7-10-3-5-13(12)18-10/h2,4,6,10,12-13,15H,3,5,7H2,1H3,(H,16,17). The predicted octanol–water partition coefficient (Wildman–Crippen LogP) is 2.43. The van der Waals surface area contributed by atoms with E-state index in [0.717, 1.165) is 24.1 Å². The molecule has 2 saturated heterocycles. The third-order valence-corrected chi connectivity index (χ3v) is 3.91. The maximum atomic E-state index is 10.9. The molecule has 0 spiro atoms. The Bertz CT molecular complexity index is 486. The molecule has 96 valence electrons. The van der Waals surface area contributed by atoms with Crippen LogP contribution in [0.4, 0.5) is 5.69 Å². The van der Waals surface area contributed by atoms with E-state index in [1.54, 1.807) is 6.07 Å². The first-order valence-corrected chi connectivity index (χ1v) is 6.39. The van der Waals surface area contributed by atoms with E-state index in [1.807, 2.05) is 19.1 Å². The molecule has 4 nitrogen and oxygen atoms in total. The minimum atomic E-state index is -0.873. The van der Waals surface area contributed by atoms with Crippen LogP contribution in [0, 0.1) is 6.92 Å². The van der Waals surface area contributed by atoms with Gasteiger partial charge in [-0.05, 0) is 49.9 Å². The fourth-order valence-corrected chi connectivity index (χ4v) is 3.00. The minimum Gasteiger partial charge on any atom is -0.478 e. The molecule has 2 aliphatic rings. The lowest BCUT2D eigenvalue weighted by Gasteiger charge is -2.21. The minimum absolute atomic E-state index is 0.328. The molecule has 0 radical (unpaired) electrons. The zero-order valence-electron chi connectivity index (χ0n) is 10.3. The van der Waals surface area contributed by atoms with Crippen LogP contribution in [0.25, 0.3) is 0 Å². The highest BCUT2D eigenvalue weighted by Crippen LogP contribution is 2.36. The Morgan fingerprint density at radius 2 is 2.28 bits per heavy atom. The number of carboxylic acids is 1. The van der Waals surface area contributed by atoms with Gasteiger partial charge in [-0.3, -0.25) is 0 Å². The molecule has 3 atom stereocenters. The quantitative estimate of drug-likeness (QED) is 0.861. The van der Waals surface area contributed by atoms with Crippen molar-refractivity contribution < 1.29 is 14.6 Å². The van der Waals surface area contributed by atoms with Gasteiger partial charge in [0, 0.05) is 5.69 Å². The Morgan fingerprint density at radius 3 is 2.83 bits per heavy atom. The lowest BCUT2D eigenvalue weighted by atomic mass is 9.95. The number of aryl methyl sites for hydroxylation is 1. The summed E-state index contributed by atoms with van der Waals surface area (Å²) in [6.45, 7) is 1.83. The summed E-state index contributed by atoms with van der Waals surface area (Å²) < 4.78 is 5.79. The van der Waals surface area contributed by atoms with Crippen LogP contribution in [0.15, 0.2) is 18.2 Å². The van der Waals surface area contributed by atoms with Gasteiger partial charge in [0.25, 0.3) is 0 Å². The number of aromatic carboxylic acids is 1. The molecule has 2 bridgehead atoms. The molecule has 0 aliphatic carbocycles. The molecule has 2 aliphatic heterocycles. The fourth-order valence-electron chi connectivity index (χ4n) is 3.00. The molecule has 3 unspecified atom stereocenters. The zero-order valence-corrected chi connectivity index (χ0v) is 10.3. The summed E-state index contributed by atoms with van der Waals surface area (Å²) in [5.74, 6) is -0.873. The van der Waals surface area contributed by atoms with Gasteiger partial charge in [-0.25, -0.2) is 4.79 Å². The topological polar surface area (TPSA) is 58.6 Å². The van der Waals surface area contributed by atoms with Crippen molar-refractivity contribution in [3.63, 3.8) is 0 Å². The number of nitrogens with one attached hydrogen (secondary N) is 1. The number of rotatable bonds is 3. The zero-order chi connectivity index (χ0) is 12.7. The van der Waals surface area contributed by atoms with Gasteiger partial charge in [0.15, 0.2) is 0 Å². The van der Waals surface area contributed by atoms with E-state index in [0.29, 0.717) is 23.8 Å². The van der Waals surface area contributed by atoms with Crippen LogP contribution in [0.3, 0.4) is 0 Å². The molecule has 0 aromatic heterocycles. The average molecular weight is 247 g/mol. The van der Waals surface area contributed by atoms with Gasteiger partial charge in [-0.2, -0.15) is 0 Å². The SMILES string of the molecule is Cc1cc(NC2CC3CCC2O3)ccc1C(=O)O. The van der Waals surface area contributed by atoms with Gasteiger partial charge in [0.2, 0.25) is 0 Å². The Morgan fingerprint density at radius 1 is 1.44 bits per heavy atom. The van der Waals surface area contributed by atoms with Crippen molar-refractivity contribution in [2.24, 2.45) is 0 Å². The Hall–Kier alpha value is -1.55. The molecular weight excluding hydrogens is 230 g/mol. The lowest BCUT2D eigenvalue weighted by molar-refractivity contribution is 0.0696. The summed E-state index contributed by atoms with van der Waals surface area (Å²) in [6.07, 6.45) is 4.13. The number of hydrogen-bond donors (Lipinski definition) is 2. The smallest absolute Gasteiger partial charge is 0.335 e. The first-order chi connectivity index (χ1) is 8.63. The Labute approximate surface area is 106 Å². The normalized spacial score (nSPS) is 29.5. The van der Waals surface area contributed by atoms with Crippen LogP contribution in [0.2, 0.25) is 0 Å². The van der Waals surface area contributed by atoms with Gasteiger partial charge in [-0.1, -0.05) is 0 Å². The maximum Gasteiger partial charge on any atom is 0.335 e. The van der Waals surface area contributed by atoms with E-state index >= 15 is 0 Å². The van der Waals surface area contributed by atoms with Crippen molar-refractivity contribution in [2.45, 2.75) is 44.4 Å². The van der Waals surface area contributed by atoms with Gasteiger partial charge >= 0.3 is 5.97 Å². The van der Waals surface area contributed by atoms with Crippen molar-refractivity contribution in [3.05, 3.63) is 29.3 Å². The van der Waals surface area contributed by atoms with E-state index in [9.17, 15) is 4.79 Å². The molecule has 0 amide bonds. The van der Waals surface area contributed by atoms with Crippen molar-refractivity contribution in [1.82, 2.24) is 0 Å². The molecule has 3 rings (SSSR count). The summed E-state index contributed by atoms with van der Waals surface area (Å²) in [5, 5.41) is 12.4. The second kappa shape index (κ2) is 4.28. The molecular formula is C14H17NO3. The molecule has 2 fully saturated rings. The fraction of sp³-hybridized carbons (Fsp3) is 0.500. The van der Waals surface area contributed by atoms with Gasteiger partial charge in [0.05, 0.1) is 23.8 Å². The van der Waals surface area contributed by atoms with Gasteiger partial charge in [-0.15, -0.1) is 0 Å². The molecule has 0 saturated carbocycles. The summed E-state index contributed by atoms with van der Waals surface area (Å²) in [4.78, 5) is 10.9. The highest BCUT2D eigenvalue weighted by Gasteiger charge is 2.40. The number of carboxylic acid groups (broad SMARTS) is 1. The number of fused-ring (bicyclic) bond motifs is 2. The first-order valence-electron chi connectivity index (χ1n) is 6.39. The third-order valence-electron chi connectivity index (χ3n) is 3.91. The van der Waals surface area contributed by atoms with Crippen LogP contribution < -0.4 is 5.32 Å². The lowest BCUT2D eigenvalue weighted by Crippen LogP contribution is -2.30. The van der Waals surface area contributed by atoms with Gasteiger partial charge in [0.1, 0.15) is 0 Å². The molecule has 2 N–H and O–H groups in total. The molecule has 1 aromatic carbocycles. The van der Waals surface area contributed by atoms with Gasteiger partial charge < -0.3 is 15.2 Å². The highest BCUT2D eigenvalue weighted by molar-refractivity contribution is 5.89. The van der Waals surface area contributed by atoms with E-state index in [2.05, 4.69) is 5.32 Å². The van der Waals surface area contributed by atoms with Crippen LogP contribution in [-0.2, 0) is 4.74 Å². The van der Waals surface area contributed by atoms with Crippen molar-refractivity contribution in [3.8, 4) is 0 Å². The largest absolute Gasteiger partial charge is 0.478 e. The predicted molar refractivity (Wildman–Crippen MR) is 68.1 cm³/mol. The second-order valence-electron chi connectivity index (χ2n) is 5.20. The summed E-state index contributed by atoms with van der Waals surface area (Å²) in [7, 11) is 0. The number of hydrogen-bond acceptors (Lipinski definition) is 3. The number of carbonyl (C=O) groups is 1. The van der Waals surface area contributed by atoms with E-state index in [1.165, 1.54) is 6.42 Å². The highest BCUT2D eigenvalue weighted by atomic mass is 16.5. The van der Waals surface area contributed by atoms with Crippen molar-refractivity contribution in [2.75, 3.05) is 5.32 Å². The Balaban J connectivity index is 1.74. The van der Waals surface area contributed by atoms with E-state index in [-0.39, 0.29) is 0 Å². The van der Waals surface area contributed by atoms with E-state index in [4.69, 9.17) is 9.84 Å². The second-order valence-corrected chi connectivity index (χ2v) is 5.20. The van der Waals surface area contributed by atoms with E-state index < -0.39 is 5.97 Å². The molecule has 18 heavy (non-hydrogen) atoms. The number of ether oxygens (including phenoxy) is 1. The summed E-state index contributed by atoms with van der Waals surface area (Å²) >= 11 is 0. The number of benzene rings is 1. The van der Waals surface area contributed by atoms with Crippen molar-refractivity contribution in [1.29, 1.82) is 0 Å². The maximum absolute atomic E-state index is 10.9. The van der Waals surface area contributed by atoms with Crippen LogP contribution in [-0.4, -0.2) is 29.3 Å². The third kappa shape index (κ3) is 1.97. The van der Waals surface area contributed by atoms with Crippen LogP contribution in [0.5, 0.6) is 0 Å². The molecule has 2 heterocycles. The van der Waals surface area contributed by atoms with Crippen LogP contribution >= 0.6 is 0 Å². The molecule has 4 heteroatoms.